The van der Waals surface area contributed by atoms with E-state index in [4.69, 9.17) is 9.47 Å². The van der Waals surface area contributed by atoms with Crippen LogP contribution in [0, 0.1) is 18.6 Å². The summed E-state index contributed by atoms with van der Waals surface area (Å²) in [6.45, 7) is 14.0. The van der Waals surface area contributed by atoms with Gasteiger partial charge in [-0.1, -0.05) is 44.0 Å². The Balaban J connectivity index is 1.81. The van der Waals surface area contributed by atoms with Gasteiger partial charge >= 0.3 is 0 Å². The Morgan fingerprint density at radius 3 is 2.46 bits per heavy atom. The van der Waals surface area contributed by atoms with Gasteiger partial charge in [0.05, 0.1) is 38.0 Å². The normalized spacial score (nSPS) is 11.8. The lowest BCUT2D eigenvalue weighted by molar-refractivity contribution is 0.266. The molecule has 0 saturated heterocycles. The Labute approximate surface area is 203 Å². The van der Waals surface area contributed by atoms with E-state index >= 15 is 0 Å². The minimum Gasteiger partial charge on any atom is -0.499 e. The van der Waals surface area contributed by atoms with E-state index in [1.807, 2.05) is 37.3 Å². The number of methoxy groups -OCH3 is 2. The molecule has 1 heterocycles. The first-order valence-corrected chi connectivity index (χ1v) is 10.7. The van der Waals surface area contributed by atoms with Gasteiger partial charge < -0.3 is 9.47 Å². The third-order valence-electron chi connectivity index (χ3n) is 5.31. The fourth-order valence-electron chi connectivity index (χ4n) is 3.31. The first kappa shape index (κ1) is 25.4. The van der Waals surface area contributed by atoms with Gasteiger partial charge in [-0.05, 0) is 47.9 Å². The highest BCUT2D eigenvalue weighted by atomic mass is 19.2. The largest absolute Gasteiger partial charge is 0.499 e. The molecular weight excluding hydrogens is 448 g/mol. The van der Waals surface area contributed by atoms with Gasteiger partial charge in [0, 0.05) is 17.3 Å². The van der Waals surface area contributed by atoms with E-state index in [9.17, 15) is 8.78 Å². The number of hydrogen-bond donors (Lipinski definition) is 0. The van der Waals surface area contributed by atoms with Crippen molar-refractivity contribution in [1.82, 2.24) is 9.78 Å². The smallest absolute Gasteiger partial charge is 0.168 e. The van der Waals surface area contributed by atoms with Crippen molar-refractivity contribution in [3.8, 4) is 0 Å². The van der Waals surface area contributed by atoms with Crippen LogP contribution in [0.4, 0.5) is 8.78 Å². The first-order valence-electron chi connectivity index (χ1n) is 10.7. The lowest BCUT2D eigenvalue weighted by Crippen LogP contribution is -2.16. The number of rotatable bonds is 9. The van der Waals surface area contributed by atoms with E-state index in [0.717, 1.165) is 28.3 Å². The minimum atomic E-state index is -0.981. The van der Waals surface area contributed by atoms with Crippen LogP contribution in [0.3, 0.4) is 0 Å². The molecular formula is C28H27F2N3O2. The zero-order valence-corrected chi connectivity index (χ0v) is 20.0. The molecule has 0 saturated carbocycles. The monoisotopic (exact) mass is 475 g/mol. The molecule has 2 aromatic carbocycles. The summed E-state index contributed by atoms with van der Waals surface area (Å²) in [4.78, 5) is 4.33. The number of benzene rings is 2. The summed E-state index contributed by atoms with van der Waals surface area (Å²) in [5, 5.41) is 4.88. The van der Waals surface area contributed by atoms with Crippen molar-refractivity contribution in [2.75, 3.05) is 14.2 Å². The zero-order chi connectivity index (χ0) is 25.5. The number of hydrogen-bond acceptors (Lipinski definition) is 4. The third-order valence-corrected chi connectivity index (χ3v) is 5.31. The Hall–Kier alpha value is -4.26. The molecule has 0 aliphatic heterocycles. The SMILES string of the molecule is C=C(/C=C(/Cn1cc(C)c(=NC(=C)c2cccc(F)c2F)cn1)OC)c1cccc(C(=C)OC)c1. The average molecular weight is 476 g/mol. The van der Waals surface area contributed by atoms with Crippen molar-refractivity contribution in [1.29, 1.82) is 0 Å². The van der Waals surface area contributed by atoms with E-state index in [1.54, 1.807) is 31.3 Å². The highest BCUT2D eigenvalue weighted by Gasteiger charge is 2.10. The summed E-state index contributed by atoms with van der Waals surface area (Å²) in [6.07, 6.45) is 5.16. The second kappa shape index (κ2) is 11.2. The van der Waals surface area contributed by atoms with Crippen LogP contribution in [-0.2, 0) is 16.0 Å². The number of aryl methyl sites for hydroxylation is 1. The summed E-state index contributed by atoms with van der Waals surface area (Å²) in [5.41, 5.74) is 3.41. The number of ether oxygens (including phenoxy) is 2. The minimum absolute atomic E-state index is 0.00221. The van der Waals surface area contributed by atoms with Gasteiger partial charge in [0.15, 0.2) is 11.6 Å². The van der Waals surface area contributed by atoms with Crippen molar-refractivity contribution < 1.29 is 18.3 Å². The maximum absolute atomic E-state index is 14.1. The second-order valence-corrected chi connectivity index (χ2v) is 7.75. The summed E-state index contributed by atoms with van der Waals surface area (Å²) in [7, 11) is 3.16. The molecule has 3 aromatic rings. The van der Waals surface area contributed by atoms with Crippen molar-refractivity contribution in [2.24, 2.45) is 4.99 Å². The van der Waals surface area contributed by atoms with Crippen LogP contribution in [0.25, 0.3) is 17.0 Å². The molecule has 3 rings (SSSR count). The third kappa shape index (κ3) is 6.20. The maximum Gasteiger partial charge on any atom is 0.168 e. The van der Waals surface area contributed by atoms with Crippen molar-refractivity contribution >= 4 is 17.0 Å². The lowest BCUT2D eigenvalue weighted by atomic mass is 10.0. The molecule has 180 valence electrons. The van der Waals surface area contributed by atoms with E-state index in [1.165, 1.54) is 12.1 Å². The van der Waals surface area contributed by atoms with Crippen molar-refractivity contribution in [2.45, 2.75) is 13.5 Å². The molecule has 0 amide bonds. The molecule has 7 heteroatoms. The van der Waals surface area contributed by atoms with Gasteiger partial charge in [0.2, 0.25) is 0 Å². The van der Waals surface area contributed by atoms with Gasteiger partial charge in [-0.25, -0.2) is 13.8 Å². The van der Waals surface area contributed by atoms with Gasteiger partial charge in [0.1, 0.15) is 11.5 Å². The molecule has 0 spiro atoms. The Bertz CT molecular complexity index is 1390. The van der Waals surface area contributed by atoms with Crippen LogP contribution in [0.15, 0.2) is 91.4 Å². The van der Waals surface area contributed by atoms with E-state index in [2.05, 4.69) is 29.8 Å². The number of nitrogens with zero attached hydrogens (tertiary/aromatic N) is 3. The molecule has 0 unspecified atom stereocenters. The first-order chi connectivity index (χ1) is 16.7. The molecule has 35 heavy (non-hydrogen) atoms. The Kier molecular flexibility index (Phi) is 8.15. The molecule has 1 aromatic heterocycles. The highest BCUT2D eigenvalue weighted by Crippen LogP contribution is 2.22. The topological polar surface area (TPSA) is 48.6 Å². The van der Waals surface area contributed by atoms with Crippen molar-refractivity contribution in [3.63, 3.8) is 0 Å². The van der Waals surface area contributed by atoms with E-state index in [-0.39, 0.29) is 11.3 Å². The van der Waals surface area contributed by atoms with Crippen molar-refractivity contribution in [3.05, 3.63) is 126 Å². The molecule has 5 nitrogen and oxygen atoms in total. The molecule has 0 atom stereocenters. The highest BCUT2D eigenvalue weighted by molar-refractivity contribution is 5.74. The standard InChI is InChI=1S/C28H27F2N3O2/c1-18(22-9-7-10-23(14-22)21(4)34-5)13-24(35-6)17-33-16-19(2)27(15-31-33)32-20(3)25-11-8-12-26(29)28(25)30/h7-16H,1,3-4,17H2,2,5-6H3/b24-13-,32-27?. The van der Waals surface area contributed by atoms with Crippen LogP contribution >= 0.6 is 0 Å². The number of allylic oxidation sites excluding steroid dienone is 3. The predicted molar refractivity (Wildman–Crippen MR) is 135 cm³/mol. The molecule has 0 bridgehead atoms. The van der Waals surface area contributed by atoms with Crippen LogP contribution in [0.1, 0.15) is 22.3 Å². The van der Waals surface area contributed by atoms with Gasteiger partial charge in [-0.2, -0.15) is 5.10 Å². The average Bonchev–Trinajstić information content (AvgIpc) is 2.86. The Morgan fingerprint density at radius 2 is 1.77 bits per heavy atom. The quantitative estimate of drug-likeness (QED) is 0.286. The lowest BCUT2D eigenvalue weighted by Gasteiger charge is -2.12. The number of halogens is 2. The summed E-state index contributed by atoms with van der Waals surface area (Å²) >= 11 is 0. The maximum atomic E-state index is 14.1. The molecule has 0 aliphatic carbocycles. The molecule has 0 radical (unpaired) electrons. The van der Waals surface area contributed by atoms with Crippen LogP contribution in [0.5, 0.6) is 0 Å². The van der Waals surface area contributed by atoms with Gasteiger partial charge in [-0.3, -0.25) is 4.68 Å². The zero-order valence-electron chi connectivity index (χ0n) is 20.0. The summed E-state index contributed by atoms with van der Waals surface area (Å²) in [5.74, 6) is -0.724. The Morgan fingerprint density at radius 1 is 1.06 bits per heavy atom. The molecule has 0 fully saturated rings. The fraction of sp³-hybridized carbons (Fsp3) is 0.143. The summed E-state index contributed by atoms with van der Waals surface area (Å²) in [6, 6.07) is 11.6. The van der Waals surface area contributed by atoms with E-state index < -0.39 is 11.6 Å². The van der Waals surface area contributed by atoms with Gasteiger partial charge in [0.25, 0.3) is 0 Å². The summed E-state index contributed by atoms with van der Waals surface area (Å²) < 4.78 is 40.0. The van der Waals surface area contributed by atoms with Gasteiger partial charge in [-0.15, -0.1) is 0 Å². The molecule has 0 aliphatic rings. The predicted octanol–water partition coefficient (Wildman–Crippen LogP) is 5.90. The second-order valence-electron chi connectivity index (χ2n) is 7.75. The van der Waals surface area contributed by atoms with Crippen LogP contribution in [0.2, 0.25) is 0 Å². The molecule has 0 N–H and O–H groups in total. The van der Waals surface area contributed by atoms with E-state index in [0.29, 0.717) is 23.4 Å². The fourth-order valence-corrected chi connectivity index (χ4v) is 3.31. The number of aromatic nitrogens is 2. The van der Waals surface area contributed by atoms with Crippen LogP contribution in [-0.4, -0.2) is 24.0 Å². The van der Waals surface area contributed by atoms with Crippen LogP contribution < -0.4 is 5.36 Å².